The van der Waals surface area contributed by atoms with E-state index in [0.717, 1.165) is 6.04 Å². The average Bonchev–Trinajstić information content (AvgIpc) is 2.13. The van der Waals surface area contributed by atoms with Gasteiger partial charge >= 0.3 is 0 Å². The Balaban J connectivity index is 0. The summed E-state index contributed by atoms with van der Waals surface area (Å²) in [7, 11) is 0. The van der Waals surface area contributed by atoms with E-state index in [-0.39, 0.29) is 7.43 Å². The van der Waals surface area contributed by atoms with Crippen LogP contribution < -0.4 is 0 Å². The molecule has 0 aromatic carbocycles. The Morgan fingerprint density at radius 2 is 1.46 bits per heavy atom. The highest BCUT2D eigenvalue weighted by Crippen LogP contribution is 2.16. The Bertz CT molecular complexity index is 106. The van der Waals surface area contributed by atoms with Gasteiger partial charge in [-0.2, -0.15) is 0 Å². The Labute approximate surface area is 85.7 Å². The summed E-state index contributed by atoms with van der Waals surface area (Å²) < 4.78 is 1.31. The van der Waals surface area contributed by atoms with E-state index in [1.165, 1.54) is 37.0 Å². The molecule has 0 aromatic rings. The maximum atomic E-state index is 2.39. The molecule has 0 saturated carbocycles. The summed E-state index contributed by atoms with van der Waals surface area (Å²) in [6, 6.07) is 0.833. The molecule has 13 heavy (non-hydrogen) atoms. The van der Waals surface area contributed by atoms with E-state index in [1.54, 1.807) is 0 Å². The van der Waals surface area contributed by atoms with Crippen molar-refractivity contribution < 1.29 is 4.48 Å². The van der Waals surface area contributed by atoms with Gasteiger partial charge in [-0.05, 0) is 33.6 Å². The van der Waals surface area contributed by atoms with Crippen molar-refractivity contribution in [2.45, 2.75) is 60.9 Å². The lowest BCUT2D eigenvalue weighted by atomic mass is 10.1. The zero-order chi connectivity index (χ0) is 9.61. The molecule has 0 aliphatic rings. The van der Waals surface area contributed by atoms with Gasteiger partial charge in [0.1, 0.15) is 0 Å². The van der Waals surface area contributed by atoms with Crippen LogP contribution in [0, 0.1) is 0 Å². The first-order chi connectivity index (χ1) is 5.66. The fraction of sp³-hybridized carbons (Fsp3) is 1.00. The van der Waals surface area contributed by atoms with Gasteiger partial charge in [0.2, 0.25) is 0 Å². The summed E-state index contributed by atoms with van der Waals surface area (Å²) in [5.74, 6) is 0. The highest BCUT2D eigenvalue weighted by molar-refractivity contribution is 4.50. The number of rotatable bonds is 6. The van der Waals surface area contributed by atoms with Gasteiger partial charge < -0.3 is 4.48 Å². The van der Waals surface area contributed by atoms with E-state index < -0.39 is 0 Å². The first kappa shape index (κ1) is 15.4. The van der Waals surface area contributed by atoms with Gasteiger partial charge in [-0.25, -0.2) is 0 Å². The SMILES string of the molecule is C.CCC[N+](CC)(CC)C(C)CC. The number of nitrogens with zero attached hydrogens (tertiary/aromatic N) is 1. The molecule has 0 amide bonds. The minimum absolute atomic E-state index is 0. The molecular formula is C12H30N+. The van der Waals surface area contributed by atoms with E-state index in [1.807, 2.05) is 0 Å². The highest BCUT2D eigenvalue weighted by Gasteiger charge is 2.27. The van der Waals surface area contributed by atoms with Crippen LogP contribution in [0.15, 0.2) is 0 Å². The normalized spacial score (nSPS) is 13.6. The Morgan fingerprint density at radius 3 is 1.69 bits per heavy atom. The fourth-order valence-electron chi connectivity index (χ4n) is 2.22. The third-order valence-corrected chi connectivity index (χ3v) is 3.45. The molecule has 0 aromatic heterocycles. The molecule has 82 valence electrons. The molecule has 0 heterocycles. The predicted molar refractivity (Wildman–Crippen MR) is 63.0 cm³/mol. The largest absolute Gasteiger partial charge is 0.322 e. The molecule has 0 fully saturated rings. The molecule has 1 unspecified atom stereocenters. The molecule has 0 aliphatic carbocycles. The van der Waals surface area contributed by atoms with Crippen LogP contribution in [0.2, 0.25) is 0 Å². The second-order valence-corrected chi connectivity index (χ2v) is 3.83. The van der Waals surface area contributed by atoms with E-state index in [9.17, 15) is 0 Å². The molecule has 0 saturated heterocycles. The van der Waals surface area contributed by atoms with Crippen molar-refractivity contribution in [1.82, 2.24) is 0 Å². The summed E-state index contributed by atoms with van der Waals surface area (Å²) in [6.45, 7) is 15.6. The van der Waals surface area contributed by atoms with Gasteiger partial charge in [-0.3, -0.25) is 0 Å². The maximum Gasteiger partial charge on any atom is 0.0858 e. The Morgan fingerprint density at radius 1 is 1.00 bits per heavy atom. The third-order valence-electron chi connectivity index (χ3n) is 3.45. The first-order valence-electron chi connectivity index (χ1n) is 5.52. The van der Waals surface area contributed by atoms with Crippen molar-refractivity contribution in [2.24, 2.45) is 0 Å². The molecule has 0 radical (unpaired) electrons. The zero-order valence-corrected chi connectivity index (χ0v) is 9.56. The van der Waals surface area contributed by atoms with Gasteiger partial charge in [0, 0.05) is 0 Å². The summed E-state index contributed by atoms with van der Waals surface area (Å²) in [4.78, 5) is 0. The van der Waals surface area contributed by atoms with Crippen LogP contribution in [0.5, 0.6) is 0 Å². The molecule has 0 aliphatic heterocycles. The lowest BCUT2D eigenvalue weighted by molar-refractivity contribution is -0.946. The van der Waals surface area contributed by atoms with Crippen LogP contribution in [0.3, 0.4) is 0 Å². The van der Waals surface area contributed by atoms with Crippen LogP contribution in [-0.2, 0) is 0 Å². The van der Waals surface area contributed by atoms with Crippen molar-refractivity contribution in [2.75, 3.05) is 19.6 Å². The summed E-state index contributed by atoms with van der Waals surface area (Å²) in [5, 5.41) is 0. The molecule has 0 rings (SSSR count). The average molecular weight is 188 g/mol. The van der Waals surface area contributed by atoms with Crippen LogP contribution in [0.4, 0.5) is 0 Å². The number of quaternary nitrogens is 1. The molecular weight excluding hydrogens is 158 g/mol. The number of hydrogen-bond acceptors (Lipinski definition) is 0. The van der Waals surface area contributed by atoms with Crippen LogP contribution in [0.1, 0.15) is 54.9 Å². The topological polar surface area (TPSA) is 0 Å². The molecule has 0 N–H and O–H groups in total. The summed E-state index contributed by atoms with van der Waals surface area (Å²) in [6.07, 6.45) is 2.62. The highest BCUT2D eigenvalue weighted by atomic mass is 15.4. The standard InChI is InChI=1S/C11H26N.CH4/c1-6-10-12(8-3,9-4)11(5)7-2;/h11H,6-10H2,1-5H3;1H4/q+1;. The van der Waals surface area contributed by atoms with Crippen LogP contribution in [0.25, 0.3) is 0 Å². The van der Waals surface area contributed by atoms with Gasteiger partial charge in [0.25, 0.3) is 0 Å². The zero-order valence-electron chi connectivity index (χ0n) is 9.56. The minimum Gasteiger partial charge on any atom is -0.322 e. The quantitative estimate of drug-likeness (QED) is 0.558. The van der Waals surface area contributed by atoms with Crippen molar-refractivity contribution in [1.29, 1.82) is 0 Å². The maximum absolute atomic E-state index is 2.39. The van der Waals surface area contributed by atoms with Crippen LogP contribution in [-0.4, -0.2) is 30.2 Å². The molecule has 1 heteroatoms. The van der Waals surface area contributed by atoms with Crippen LogP contribution >= 0.6 is 0 Å². The van der Waals surface area contributed by atoms with Crippen molar-refractivity contribution in [3.63, 3.8) is 0 Å². The van der Waals surface area contributed by atoms with Gasteiger partial charge in [0.15, 0.2) is 0 Å². The molecule has 0 spiro atoms. The first-order valence-corrected chi connectivity index (χ1v) is 5.52. The summed E-state index contributed by atoms with van der Waals surface area (Å²) >= 11 is 0. The van der Waals surface area contributed by atoms with E-state index in [0.29, 0.717) is 0 Å². The lowest BCUT2D eigenvalue weighted by Gasteiger charge is -2.42. The Hall–Kier alpha value is -0.0400. The van der Waals surface area contributed by atoms with Crippen molar-refractivity contribution in [3.05, 3.63) is 0 Å². The third kappa shape index (κ3) is 3.68. The van der Waals surface area contributed by atoms with Gasteiger partial charge in [-0.15, -0.1) is 0 Å². The smallest absolute Gasteiger partial charge is 0.0858 e. The van der Waals surface area contributed by atoms with E-state index in [4.69, 9.17) is 0 Å². The molecule has 1 nitrogen and oxygen atoms in total. The van der Waals surface area contributed by atoms with Gasteiger partial charge in [-0.1, -0.05) is 21.3 Å². The number of hydrogen-bond donors (Lipinski definition) is 0. The van der Waals surface area contributed by atoms with E-state index >= 15 is 0 Å². The minimum atomic E-state index is 0. The fourth-order valence-corrected chi connectivity index (χ4v) is 2.22. The second kappa shape index (κ2) is 7.37. The molecule has 0 bridgehead atoms. The molecule has 1 atom stereocenters. The summed E-state index contributed by atoms with van der Waals surface area (Å²) in [5.41, 5.74) is 0. The van der Waals surface area contributed by atoms with Gasteiger partial charge in [0.05, 0.1) is 25.7 Å². The van der Waals surface area contributed by atoms with Crippen molar-refractivity contribution in [3.8, 4) is 0 Å². The Kier molecular flexibility index (Phi) is 8.75. The predicted octanol–water partition coefficient (Wildman–Crippen LogP) is 3.69. The lowest BCUT2D eigenvalue weighted by Crippen LogP contribution is -2.54. The van der Waals surface area contributed by atoms with E-state index in [2.05, 4.69) is 34.6 Å². The second-order valence-electron chi connectivity index (χ2n) is 3.83. The van der Waals surface area contributed by atoms with Crippen molar-refractivity contribution >= 4 is 0 Å². The monoisotopic (exact) mass is 188 g/mol.